The Morgan fingerprint density at radius 2 is 2.40 bits per heavy atom. The molecule has 0 fully saturated rings. The van der Waals surface area contributed by atoms with Crippen LogP contribution in [-0.4, -0.2) is 22.1 Å². The van der Waals surface area contributed by atoms with Gasteiger partial charge in [-0.05, 0) is 11.6 Å². The molecule has 2 atom stereocenters. The molecular formula is C11H12N2O2. The summed E-state index contributed by atoms with van der Waals surface area (Å²) >= 11 is 0. The summed E-state index contributed by atoms with van der Waals surface area (Å²) in [5.74, 6) is -1.51. The van der Waals surface area contributed by atoms with E-state index in [1.54, 1.807) is 12.1 Å². The minimum atomic E-state index is -2.36. The third-order valence-electron chi connectivity index (χ3n) is 2.18. The number of aromatic nitrogens is 1. The number of benzene rings is 1. The molecule has 4 N–H and O–H groups in total. The summed E-state index contributed by atoms with van der Waals surface area (Å²) in [5.41, 5.74) is 6.56. The lowest BCUT2D eigenvalue weighted by atomic mass is 10.1. The van der Waals surface area contributed by atoms with Gasteiger partial charge in [-0.1, -0.05) is 18.2 Å². The molecule has 1 aromatic heterocycles. The van der Waals surface area contributed by atoms with Gasteiger partial charge in [0.2, 0.25) is 0 Å². The molecule has 0 unspecified atom stereocenters. The Hall–Kier alpha value is -1.81. The first-order valence-corrected chi connectivity index (χ1v) is 4.45. The van der Waals surface area contributed by atoms with Gasteiger partial charge in [0.15, 0.2) is 0 Å². The SMILES string of the molecule is [2H][C@@H](c1c[nH]c2ccccc12)[C@]([2H])(N)[13C](=O)O. The molecule has 0 radical (unpaired) electrons. The predicted molar refractivity (Wildman–Crippen MR) is 57.6 cm³/mol. The van der Waals surface area contributed by atoms with E-state index in [0.717, 1.165) is 10.9 Å². The summed E-state index contributed by atoms with van der Waals surface area (Å²) in [6.45, 7) is 0. The van der Waals surface area contributed by atoms with E-state index in [4.69, 9.17) is 13.6 Å². The van der Waals surface area contributed by atoms with E-state index < -0.39 is 18.4 Å². The normalized spacial score (nSPS) is 19.0. The van der Waals surface area contributed by atoms with Crippen molar-refractivity contribution >= 4 is 16.9 Å². The second-order valence-electron chi connectivity index (χ2n) is 3.19. The highest BCUT2D eigenvalue weighted by Gasteiger charge is 2.14. The van der Waals surface area contributed by atoms with E-state index in [9.17, 15) is 4.79 Å². The van der Waals surface area contributed by atoms with Crippen molar-refractivity contribution in [3.63, 3.8) is 0 Å². The van der Waals surface area contributed by atoms with Crippen LogP contribution in [0.2, 0.25) is 0 Å². The number of carboxylic acids is 1. The van der Waals surface area contributed by atoms with Gasteiger partial charge >= 0.3 is 5.97 Å². The van der Waals surface area contributed by atoms with Gasteiger partial charge in [0.05, 0.1) is 1.37 Å². The van der Waals surface area contributed by atoms with Gasteiger partial charge in [-0.15, -0.1) is 0 Å². The average Bonchev–Trinajstić information content (AvgIpc) is 2.71. The first-order valence-electron chi connectivity index (χ1n) is 5.53. The van der Waals surface area contributed by atoms with E-state index >= 15 is 0 Å². The molecule has 0 aliphatic rings. The third-order valence-corrected chi connectivity index (χ3v) is 2.18. The minimum absolute atomic E-state index is 0.417. The number of aromatic amines is 1. The van der Waals surface area contributed by atoms with Gasteiger partial charge in [-0.25, -0.2) is 0 Å². The Balaban J connectivity index is 2.50. The average molecular weight is 207 g/mol. The fourth-order valence-electron chi connectivity index (χ4n) is 1.44. The number of nitrogens with one attached hydrogen (secondary N) is 1. The zero-order valence-corrected chi connectivity index (χ0v) is 7.90. The number of aliphatic carboxylic acids is 1. The summed E-state index contributed by atoms with van der Waals surface area (Å²) in [6.07, 6.45) is 0.178. The van der Waals surface area contributed by atoms with E-state index in [2.05, 4.69) is 4.98 Å². The molecule has 0 aliphatic carbocycles. The van der Waals surface area contributed by atoms with Gasteiger partial charge in [0.25, 0.3) is 0 Å². The summed E-state index contributed by atoms with van der Waals surface area (Å²) in [4.78, 5) is 13.8. The first kappa shape index (κ1) is 7.48. The second-order valence-corrected chi connectivity index (χ2v) is 3.19. The van der Waals surface area contributed by atoms with Crippen LogP contribution in [0, 0.1) is 0 Å². The minimum Gasteiger partial charge on any atom is -0.480 e. The van der Waals surface area contributed by atoms with Gasteiger partial charge in [0, 0.05) is 24.9 Å². The molecule has 78 valence electrons. The van der Waals surface area contributed by atoms with Crippen molar-refractivity contribution in [2.24, 2.45) is 5.73 Å². The number of hydrogen-bond acceptors (Lipinski definition) is 2. The van der Waals surface area contributed by atoms with Crippen LogP contribution in [-0.2, 0) is 11.2 Å². The molecule has 2 rings (SSSR count). The highest BCUT2D eigenvalue weighted by Crippen LogP contribution is 2.18. The van der Waals surface area contributed by atoms with Gasteiger partial charge < -0.3 is 15.8 Å². The molecule has 15 heavy (non-hydrogen) atoms. The fourth-order valence-corrected chi connectivity index (χ4v) is 1.44. The zero-order valence-electron chi connectivity index (χ0n) is 9.90. The van der Waals surface area contributed by atoms with Crippen molar-refractivity contribution < 1.29 is 12.6 Å². The molecule has 0 amide bonds. The number of nitrogens with two attached hydrogens (primary N) is 1. The van der Waals surface area contributed by atoms with E-state index in [0.29, 0.717) is 5.56 Å². The Labute approximate surface area is 89.5 Å². The van der Waals surface area contributed by atoms with Crippen LogP contribution >= 0.6 is 0 Å². The van der Waals surface area contributed by atoms with Crippen LogP contribution in [0.1, 0.15) is 8.30 Å². The molecule has 1 aromatic carbocycles. The van der Waals surface area contributed by atoms with Crippen molar-refractivity contribution in [1.29, 1.82) is 0 Å². The quantitative estimate of drug-likeness (QED) is 0.660. The van der Waals surface area contributed by atoms with Crippen LogP contribution < -0.4 is 5.73 Å². The van der Waals surface area contributed by atoms with Crippen molar-refractivity contribution in [2.45, 2.75) is 12.4 Å². The summed E-state index contributed by atoms with van der Waals surface area (Å²) in [7, 11) is 0. The Kier molecular flexibility index (Phi) is 1.87. The van der Waals surface area contributed by atoms with Crippen LogP contribution in [0.5, 0.6) is 0 Å². The van der Waals surface area contributed by atoms with E-state index in [-0.39, 0.29) is 0 Å². The number of para-hydroxylation sites is 1. The largest absolute Gasteiger partial charge is 0.480 e. The monoisotopic (exact) mass is 207 g/mol. The molecule has 0 saturated carbocycles. The number of carboxylic acid groups (broad SMARTS) is 1. The molecule has 0 aliphatic heterocycles. The number of fused-ring (bicyclic) bond motifs is 1. The summed E-state index contributed by atoms with van der Waals surface area (Å²) in [6, 6.07) is 4.84. The molecule has 0 spiro atoms. The number of rotatable bonds is 3. The lowest BCUT2D eigenvalue weighted by Crippen LogP contribution is -2.32. The highest BCUT2D eigenvalue weighted by molar-refractivity contribution is 5.84. The first-order chi connectivity index (χ1) is 7.94. The number of H-pyrrole nitrogens is 1. The summed E-state index contributed by atoms with van der Waals surface area (Å²) < 4.78 is 15.3. The smallest absolute Gasteiger partial charge is 0.320 e. The van der Waals surface area contributed by atoms with Crippen LogP contribution in [0.15, 0.2) is 30.5 Å². The van der Waals surface area contributed by atoms with Gasteiger partial charge in [0.1, 0.15) is 6.02 Å². The van der Waals surface area contributed by atoms with Gasteiger partial charge in [-0.3, -0.25) is 4.79 Å². The molecular weight excluding hydrogens is 193 g/mol. The van der Waals surface area contributed by atoms with Crippen molar-refractivity contribution in [3.05, 3.63) is 36.0 Å². The van der Waals surface area contributed by atoms with Crippen molar-refractivity contribution in [2.75, 3.05) is 0 Å². The molecule has 2 aromatic rings. The predicted octanol–water partition coefficient (Wildman–Crippen LogP) is 1.12. The van der Waals surface area contributed by atoms with Crippen LogP contribution in [0.25, 0.3) is 10.9 Å². The number of carbonyl (C=O) groups is 1. The lowest BCUT2D eigenvalue weighted by Gasteiger charge is -2.04. The highest BCUT2D eigenvalue weighted by atomic mass is 16.5. The topological polar surface area (TPSA) is 79.1 Å². The fraction of sp³-hybridized carbons (Fsp3) is 0.182. The molecule has 0 saturated heterocycles. The Bertz CT molecular complexity index is 565. The second kappa shape index (κ2) is 3.74. The maximum Gasteiger partial charge on any atom is 0.320 e. The molecule has 4 heteroatoms. The molecule has 4 nitrogen and oxygen atoms in total. The Morgan fingerprint density at radius 1 is 1.67 bits per heavy atom. The maximum atomic E-state index is 10.9. The third kappa shape index (κ3) is 1.85. The standard InChI is InChI=1S/C11H12N2O2/c12-9(11(14)15)5-7-6-13-10-4-2-1-3-8(7)10/h1-4,6,9,13H,5,12H2,(H,14,15)/t9-/m0/s1/i5D,9D,11+1/t5-,9-. The van der Waals surface area contributed by atoms with Crippen LogP contribution in [0.3, 0.4) is 0 Å². The lowest BCUT2D eigenvalue weighted by molar-refractivity contribution is -0.138. The molecule has 0 bridgehead atoms. The maximum absolute atomic E-state index is 10.9. The zero-order chi connectivity index (χ0) is 12.6. The van der Waals surface area contributed by atoms with E-state index in [1.165, 1.54) is 6.20 Å². The van der Waals surface area contributed by atoms with Crippen molar-refractivity contribution in [3.8, 4) is 0 Å². The van der Waals surface area contributed by atoms with Crippen LogP contribution in [0.4, 0.5) is 0 Å². The molecule has 1 heterocycles. The Morgan fingerprint density at radius 3 is 3.13 bits per heavy atom. The van der Waals surface area contributed by atoms with E-state index in [1.807, 2.05) is 12.1 Å². The van der Waals surface area contributed by atoms with Crippen molar-refractivity contribution in [1.82, 2.24) is 4.98 Å². The summed E-state index contributed by atoms with van der Waals surface area (Å²) in [5, 5.41) is 9.56. The number of hydrogen-bond donors (Lipinski definition) is 3. The van der Waals surface area contributed by atoms with Gasteiger partial charge in [-0.2, -0.15) is 0 Å².